The van der Waals surface area contributed by atoms with Crippen LogP contribution < -0.4 is 0 Å². The number of esters is 1. The third-order valence-corrected chi connectivity index (χ3v) is 5.55. The molecule has 2 aliphatic carbocycles. The van der Waals surface area contributed by atoms with Gasteiger partial charge in [-0.1, -0.05) is 27.7 Å². The van der Waals surface area contributed by atoms with Gasteiger partial charge in [0.05, 0.1) is 5.41 Å². The number of hydrogen-bond acceptors (Lipinski definition) is 2. The van der Waals surface area contributed by atoms with Crippen molar-refractivity contribution in [3.63, 3.8) is 0 Å². The van der Waals surface area contributed by atoms with Crippen molar-refractivity contribution in [3.8, 4) is 0 Å². The zero-order valence-corrected chi connectivity index (χ0v) is 13.9. The molecular formula is C17H32O2. The lowest BCUT2D eigenvalue weighted by Gasteiger charge is -2.43. The Hall–Kier alpha value is -0.530. The fourth-order valence-electron chi connectivity index (χ4n) is 3.47. The van der Waals surface area contributed by atoms with Crippen LogP contribution in [0.5, 0.6) is 0 Å². The normalized spacial score (nSPS) is 36.7. The first-order chi connectivity index (χ1) is 8.72. The van der Waals surface area contributed by atoms with Crippen molar-refractivity contribution in [2.24, 2.45) is 16.7 Å². The fraction of sp³-hybridized carbons (Fsp3) is 0.941. The molecule has 0 spiro atoms. The van der Waals surface area contributed by atoms with Crippen LogP contribution in [0.15, 0.2) is 0 Å². The van der Waals surface area contributed by atoms with Crippen LogP contribution in [0.25, 0.3) is 0 Å². The van der Waals surface area contributed by atoms with Gasteiger partial charge in [-0.15, -0.1) is 0 Å². The number of carbonyl (C=O) groups is 1. The molecule has 0 N–H and O–H groups in total. The molecule has 0 aromatic heterocycles. The first-order valence-electron chi connectivity index (χ1n) is 7.96. The number of fused-ring (bicyclic) bond motifs is 2. The lowest BCUT2D eigenvalue weighted by Crippen LogP contribution is -2.46. The Balaban J connectivity index is 0.000000861. The second kappa shape index (κ2) is 5.46. The largest absolute Gasteiger partial charge is 0.458 e. The second-order valence-electron chi connectivity index (χ2n) is 7.23. The number of hydrogen-bond donors (Lipinski definition) is 0. The summed E-state index contributed by atoms with van der Waals surface area (Å²) in [6.45, 7) is 14.5. The molecule has 2 nitrogen and oxygen atoms in total. The molecule has 0 saturated heterocycles. The fourth-order valence-corrected chi connectivity index (χ4v) is 3.47. The Morgan fingerprint density at radius 3 is 2.21 bits per heavy atom. The van der Waals surface area contributed by atoms with Crippen molar-refractivity contribution in [3.05, 3.63) is 0 Å². The van der Waals surface area contributed by atoms with Gasteiger partial charge in [0.25, 0.3) is 0 Å². The standard InChI is InChI=1S/C15H26O2.C2H6/c1-6-13(2,3)12(16)17-15(5)10-11-7-8-14(15,4)9-11;1-2/h11H,6-10H2,1-5H3;1-2H3. The molecule has 2 heteroatoms. The van der Waals surface area contributed by atoms with E-state index >= 15 is 0 Å². The highest BCUT2D eigenvalue weighted by Crippen LogP contribution is 2.61. The molecule has 3 atom stereocenters. The van der Waals surface area contributed by atoms with E-state index in [0.29, 0.717) is 0 Å². The van der Waals surface area contributed by atoms with Gasteiger partial charge in [-0.25, -0.2) is 0 Å². The first-order valence-corrected chi connectivity index (χ1v) is 7.96. The molecule has 2 aliphatic rings. The summed E-state index contributed by atoms with van der Waals surface area (Å²) in [6.07, 6.45) is 5.68. The lowest BCUT2D eigenvalue weighted by molar-refractivity contribution is -0.181. The average Bonchev–Trinajstić information content (AvgIpc) is 2.84. The SMILES string of the molecule is CC.CCC(C)(C)C(=O)OC1(C)CC2CCC1(C)C2. The molecule has 0 aromatic carbocycles. The zero-order valence-electron chi connectivity index (χ0n) is 13.9. The van der Waals surface area contributed by atoms with Crippen molar-refractivity contribution >= 4 is 5.97 Å². The minimum Gasteiger partial charge on any atom is -0.458 e. The van der Waals surface area contributed by atoms with Gasteiger partial charge in [-0.3, -0.25) is 4.79 Å². The molecule has 2 fully saturated rings. The summed E-state index contributed by atoms with van der Waals surface area (Å²) < 4.78 is 5.95. The minimum atomic E-state index is -0.346. The second-order valence-corrected chi connectivity index (χ2v) is 7.23. The molecule has 3 unspecified atom stereocenters. The highest BCUT2D eigenvalue weighted by Gasteiger charge is 2.59. The summed E-state index contributed by atoms with van der Waals surface area (Å²) in [5.74, 6) is 0.763. The highest BCUT2D eigenvalue weighted by atomic mass is 16.6. The van der Waals surface area contributed by atoms with Gasteiger partial charge in [-0.05, 0) is 58.8 Å². The summed E-state index contributed by atoms with van der Waals surface area (Å²) in [7, 11) is 0. The van der Waals surface area contributed by atoms with E-state index < -0.39 is 0 Å². The summed E-state index contributed by atoms with van der Waals surface area (Å²) in [4.78, 5) is 12.3. The maximum absolute atomic E-state index is 12.3. The van der Waals surface area contributed by atoms with Gasteiger partial charge >= 0.3 is 5.97 Å². The topological polar surface area (TPSA) is 26.3 Å². The van der Waals surface area contributed by atoms with Crippen molar-refractivity contribution in [2.45, 2.75) is 86.2 Å². The van der Waals surface area contributed by atoms with E-state index in [1.807, 2.05) is 34.6 Å². The van der Waals surface area contributed by atoms with Crippen molar-refractivity contribution in [1.82, 2.24) is 0 Å². The highest BCUT2D eigenvalue weighted by molar-refractivity contribution is 5.76. The van der Waals surface area contributed by atoms with Crippen molar-refractivity contribution in [2.75, 3.05) is 0 Å². The van der Waals surface area contributed by atoms with E-state index in [1.165, 1.54) is 19.3 Å². The van der Waals surface area contributed by atoms with Gasteiger partial charge in [0.2, 0.25) is 0 Å². The summed E-state index contributed by atoms with van der Waals surface area (Å²) in [5, 5.41) is 0. The molecular weight excluding hydrogens is 236 g/mol. The molecule has 2 rings (SSSR count). The maximum atomic E-state index is 12.3. The van der Waals surface area contributed by atoms with Crippen LogP contribution in [0.4, 0.5) is 0 Å². The van der Waals surface area contributed by atoms with Gasteiger partial charge in [0, 0.05) is 5.41 Å². The van der Waals surface area contributed by atoms with Gasteiger partial charge < -0.3 is 4.74 Å². The Bertz CT molecular complexity index is 334. The Morgan fingerprint density at radius 1 is 1.26 bits per heavy atom. The molecule has 0 radical (unpaired) electrons. The predicted molar refractivity (Wildman–Crippen MR) is 80.0 cm³/mol. The Kier molecular flexibility index (Phi) is 4.75. The van der Waals surface area contributed by atoms with Gasteiger partial charge in [-0.2, -0.15) is 0 Å². The molecule has 0 aromatic rings. The van der Waals surface area contributed by atoms with Gasteiger partial charge in [0.15, 0.2) is 0 Å². The third-order valence-electron chi connectivity index (χ3n) is 5.55. The molecule has 112 valence electrons. The van der Waals surface area contributed by atoms with Crippen LogP contribution in [0.2, 0.25) is 0 Å². The van der Waals surface area contributed by atoms with Crippen molar-refractivity contribution in [1.29, 1.82) is 0 Å². The molecule has 0 aliphatic heterocycles. The van der Waals surface area contributed by atoms with E-state index in [0.717, 1.165) is 18.8 Å². The van der Waals surface area contributed by atoms with Crippen LogP contribution in [-0.2, 0) is 9.53 Å². The van der Waals surface area contributed by atoms with Gasteiger partial charge in [0.1, 0.15) is 5.60 Å². The van der Waals surface area contributed by atoms with E-state index in [9.17, 15) is 4.79 Å². The van der Waals surface area contributed by atoms with Crippen LogP contribution in [0.1, 0.15) is 80.6 Å². The van der Waals surface area contributed by atoms with E-state index in [4.69, 9.17) is 4.74 Å². The minimum absolute atomic E-state index is 0.0173. The predicted octanol–water partition coefficient (Wildman–Crippen LogP) is 4.96. The molecule has 2 saturated carbocycles. The Labute approximate surface area is 119 Å². The molecule has 0 amide bonds. The first kappa shape index (κ1) is 16.5. The number of rotatable bonds is 3. The quantitative estimate of drug-likeness (QED) is 0.676. The summed E-state index contributed by atoms with van der Waals surface area (Å²) in [6, 6.07) is 0. The average molecular weight is 268 g/mol. The van der Waals surface area contributed by atoms with Crippen LogP contribution in [0.3, 0.4) is 0 Å². The zero-order chi connectivity index (χ0) is 14.9. The summed E-state index contributed by atoms with van der Waals surface area (Å²) >= 11 is 0. The van der Waals surface area contributed by atoms with E-state index in [1.54, 1.807) is 0 Å². The smallest absolute Gasteiger partial charge is 0.312 e. The van der Waals surface area contributed by atoms with Crippen LogP contribution >= 0.6 is 0 Å². The number of ether oxygens (including phenoxy) is 1. The van der Waals surface area contributed by atoms with E-state index in [2.05, 4.69) is 13.8 Å². The van der Waals surface area contributed by atoms with Crippen LogP contribution in [0, 0.1) is 16.7 Å². The lowest BCUT2D eigenvalue weighted by atomic mass is 9.73. The maximum Gasteiger partial charge on any atom is 0.312 e. The molecule has 19 heavy (non-hydrogen) atoms. The monoisotopic (exact) mass is 268 g/mol. The molecule has 0 heterocycles. The Morgan fingerprint density at radius 2 is 1.84 bits per heavy atom. The molecule has 2 bridgehead atoms. The summed E-state index contributed by atoms with van der Waals surface area (Å²) in [5.41, 5.74) is -0.349. The van der Waals surface area contributed by atoms with Crippen molar-refractivity contribution < 1.29 is 9.53 Å². The number of carbonyl (C=O) groups excluding carboxylic acids is 1. The third kappa shape index (κ3) is 2.83. The van der Waals surface area contributed by atoms with Crippen LogP contribution in [-0.4, -0.2) is 11.6 Å². The van der Waals surface area contributed by atoms with E-state index in [-0.39, 0.29) is 22.4 Å².